The van der Waals surface area contributed by atoms with Gasteiger partial charge < -0.3 is 15.0 Å². The van der Waals surface area contributed by atoms with Gasteiger partial charge in [0.2, 0.25) is 5.91 Å². The number of carbonyl (C=O) groups is 2. The molecule has 0 aromatic heterocycles. The molecule has 0 radical (unpaired) electrons. The summed E-state index contributed by atoms with van der Waals surface area (Å²) in [6.45, 7) is 1.70. The standard InChI is InChI=1S/C7H12N2O3/c1-12-7(11)5-9-3-2-8-4-6(9)10/h8H,2-5H2,1H3. The van der Waals surface area contributed by atoms with Crippen molar-refractivity contribution in [2.45, 2.75) is 0 Å². The molecule has 1 saturated heterocycles. The first-order chi connectivity index (χ1) is 5.74. The number of piperazine rings is 1. The monoisotopic (exact) mass is 172 g/mol. The molecule has 0 bridgehead atoms. The van der Waals surface area contributed by atoms with Crippen LogP contribution in [0.2, 0.25) is 0 Å². The number of hydrogen-bond acceptors (Lipinski definition) is 4. The van der Waals surface area contributed by atoms with Gasteiger partial charge in [-0.3, -0.25) is 9.59 Å². The van der Waals surface area contributed by atoms with Crippen LogP contribution in [-0.2, 0) is 14.3 Å². The first kappa shape index (κ1) is 8.99. The molecule has 1 fully saturated rings. The van der Waals surface area contributed by atoms with Crippen LogP contribution >= 0.6 is 0 Å². The molecule has 5 heteroatoms. The SMILES string of the molecule is COC(=O)CN1CCNCC1=O. The van der Waals surface area contributed by atoms with E-state index in [9.17, 15) is 9.59 Å². The highest BCUT2D eigenvalue weighted by Gasteiger charge is 2.19. The lowest BCUT2D eigenvalue weighted by Crippen LogP contribution is -2.49. The molecule has 1 heterocycles. The van der Waals surface area contributed by atoms with Crippen molar-refractivity contribution in [1.29, 1.82) is 0 Å². The van der Waals surface area contributed by atoms with Crippen molar-refractivity contribution in [2.24, 2.45) is 0 Å². The molecule has 1 amide bonds. The number of nitrogens with one attached hydrogen (secondary N) is 1. The molecular formula is C7H12N2O3. The Labute approximate surface area is 70.7 Å². The first-order valence-electron chi connectivity index (χ1n) is 3.79. The minimum absolute atomic E-state index is 0.0494. The van der Waals surface area contributed by atoms with Gasteiger partial charge in [0.1, 0.15) is 6.54 Å². The van der Waals surface area contributed by atoms with Crippen molar-refractivity contribution in [3.05, 3.63) is 0 Å². The number of amides is 1. The summed E-state index contributed by atoms with van der Waals surface area (Å²) in [5.41, 5.74) is 0. The second-order valence-corrected chi connectivity index (χ2v) is 2.57. The predicted octanol–water partition coefficient (Wildman–Crippen LogP) is -1.41. The van der Waals surface area contributed by atoms with Gasteiger partial charge in [0.05, 0.1) is 13.7 Å². The topological polar surface area (TPSA) is 58.6 Å². The van der Waals surface area contributed by atoms with Gasteiger partial charge in [-0.05, 0) is 0 Å². The van der Waals surface area contributed by atoms with Gasteiger partial charge in [0.15, 0.2) is 0 Å². The number of rotatable bonds is 2. The van der Waals surface area contributed by atoms with E-state index in [-0.39, 0.29) is 18.4 Å². The fourth-order valence-electron chi connectivity index (χ4n) is 1.03. The van der Waals surface area contributed by atoms with Crippen LogP contribution in [0.3, 0.4) is 0 Å². The molecule has 12 heavy (non-hydrogen) atoms. The van der Waals surface area contributed by atoms with Crippen molar-refractivity contribution in [2.75, 3.05) is 33.3 Å². The molecule has 1 aliphatic heterocycles. The summed E-state index contributed by atoms with van der Waals surface area (Å²) in [6.07, 6.45) is 0. The third-order valence-corrected chi connectivity index (χ3v) is 1.74. The molecule has 1 rings (SSSR count). The summed E-state index contributed by atoms with van der Waals surface area (Å²) < 4.78 is 4.45. The Morgan fingerprint density at radius 3 is 3.08 bits per heavy atom. The Balaban J connectivity index is 2.39. The van der Waals surface area contributed by atoms with E-state index in [2.05, 4.69) is 10.1 Å². The molecule has 0 aromatic rings. The quantitative estimate of drug-likeness (QED) is 0.520. The number of methoxy groups -OCH3 is 1. The molecular weight excluding hydrogens is 160 g/mol. The molecule has 0 aliphatic carbocycles. The zero-order valence-corrected chi connectivity index (χ0v) is 7.00. The van der Waals surface area contributed by atoms with Gasteiger partial charge in [0, 0.05) is 13.1 Å². The molecule has 0 unspecified atom stereocenters. The Morgan fingerprint density at radius 1 is 1.75 bits per heavy atom. The third-order valence-electron chi connectivity index (χ3n) is 1.74. The van der Waals surface area contributed by atoms with E-state index >= 15 is 0 Å². The van der Waals surface area contributed by atoms with E-state index in [1.165, 1.54) is 12.0 Å². The summed E-state index contributed by atoms with van der Waals surface area (Å²) in [7, 11) is 1.31. The summed E-state index contributed by atoms with van der Waals surface area (Å²) in [5, 5.41) is 2.91. The highest BCUT2D eigenvalue weighted by atomic mass is 16.5. The lowest BCUT2D eigenvalue weighted by atomic mass is 10.3. The van der Waals surface area contributed by atoms with Crippen LogP contribution in [0.4, 0.5) is 0 Å². The van der Waals surface area contributed by atoms with E-state index in [4.69, 9.17) is 0 Å². The van der Waals surface area contributed by atoms with Crippen molar-refractivity contribution in [3.8, 4) is 0 Å². The average molecular weight is 172 g/mol. The number of ether oxygens (including phenoxy) is 1. The summed E-state index contributed by atoms with van der Waals surface area (Å²) in [6, 6.07) is 0. The van der Waals surface area contributed by atoms with E-state index in [0.717, 1.165) is 6.54 Å². The second-order valence-electron chi connectivity index (χ2n) is 2.57. The molecule has 5 nitrogen and oxygen atoms in total. The van der Waals surface area contributed by atoms with Crippen LogP contribution in [-0.4, -0.2) is 50.1 Å². The maximum atomic E-state index is 11.1. The highest BCUT2D eigenvalue weighted by Crippen LogP contribution is 1.94. The van der Waals surface area contributed by atoms with Crippen molar-refractivity contribution in [3.63, 3.8) is 0 Å². The van der Waals surface area contributed by atoms with Crippen LogP contribution in [0.15, 0.2) is 0 Å². The van der Waals surface area contributed by atoms with Gasteiger partial charge in [-0.15, -0.1) is 0 Å². The molecule has 1 aliphatic rings. The lowest BCUT2D eigenvalue weighted by Gasteiger charge is -2.25. The largest absolute Gasteiger partial charge is 0.468 e. The Morgan fingerprint density at radius 2 is 2.50 bits per heavy atom. The normalized spacial score (nSPS) is 17.8. The molecule has 68 valence electrons. The van der Waals surface area contributed by atoms with Crippen LogP contribution in [0, 0.1) is 0 Å². The maximum Gasteiger partial charge on any atom is 0.325 e. The summed E-state index contributed by atoms with van der Waals surface area (Å²) in [5.74, 6) is -0.420. The van der Waals surface area contributed by atoms with Gasteiger partial charge in [-0.2, -0.15) is 0 Å². The first-order valence-corrected chi connectivity index (χ1v) is 3.79. The van der Waals surface area contributed by atoms with E-state index < -0.39 is 0 Å². The van der Waals surface area contributed by atoms with E-state index in [1.54, 1.807) is 0 Å². The van der Waals surface area contributed by atoms with Gasteiger partial charge in [-0.1, -0.05) is 0 Å². The van der Waals surface area contributed by atoms with Gasteiger partial charge in [-0.25, -0.2) is 0 Å². The highest BCUT2D eigenvalue weighted by molar-refractivity contribution is 5.83. The van der Waals surface area contributed by atoms with Gasteiger partial charge in [0.25, 0.3) is 0 Å². The van der Waals surface area contributed by atoms with Crippen LogP contribution in [0.5, 0.6) is 0 Å². The molecule has 0 saturated carbocycles. The molecule has 0 atom stereocenters. The lowest BCUT2D eigenvalue weighted by molar-refractivity contribution is -0.147. The minimum atomic E-state index is -0.370. The van der Waals surface area contributed by atoms with E-state index in [1.807, 2.05) is 0 Å². The number of hydrogen-bond donors (Lipinski definition) is 1. The van der Waals surface area contributed by atoms with Crippen molar-refractivity contribution < 1.29 is 14.3 Å². The van der Waals surface area contributed by atoms with Crippen LogP contribution in [0.1, 0.15) is 0 Å². The van der Waals surface area contributed by atoms with Crippen LogP contribution in [0.25, 0.3) is 0 Å². The van der Waals surface area contributed by atoms with Crippen molar-refractivity contribution in [1.82, 2.24) is 10.2 Å². The zero-order valence-electron chi connectivity index (χ0n) is 7.00. The van der Waals surface area contributed by atoms with Crippen molar-refractivity contribution >= 4 is 11.9 Å². The average Bonchev–Trinajstić information content (AvgIpc) is 2.09. The van der Waals surface area contributed by atoms with Gasteiger partial charge >= 0.3 is 5.97 Å². The third kappa shape index (κ3) is 2.20. The Kier molecular flexibility index (Phi) is 3.04. The maximum absolute atomic E-state index is 11.1. The fourth-order valence-corrected chi connectivity index (χ4v) is 1.03. The number of nitrogens with zero attached hydrogens (tertiary/aromatic N) is 1. The number of carbonyl (C=O) groups excluding carboxylic acids is 2. The zero-order chi connectivity index (χ0) is 8.97. The molecule has 1 N–H and O–H groups in total. The Bertz CT molecular complexity index is 193. The smallest absolute Gasteiger partial charge is 0.325 e. The summed E-state index contributed by atoms with van der Waals surface area (Å²) in [4.78, 5) is 23.4. The van der Waals surface area contributed by atoms with Crippen LogP contribution < -0.4 is 5.32 Å². The molecule has 0 spiro atoms. The molecule has 0 aromatic carbocycles. The Hall–Kier alpha value is -1.10. The minimum Gasteiger partial charge on any atom is -0.468 e. The fraction of sp³-hybridized carbons (Fsp3) is 0.714. The summed E-state index contributed by atoms with van der Waals surface area (Å²) >= 11 is 0. The second kappa shape index (κ2) is 4.06. The van der Waals surface area contributed by atoms with E-state index in [0.29, 0.717) is 13.1 Å². The predicted molar refractivity (Wildman–Crippen MR) is 41.5 cm³/mol. The number of esters is 1.